The van der Waals surface area contributed by atoms with E-state index in [4.69, 9.17) is 4.74 Å². The quantitative estimate of drug-likeness (QED) is 0.739. The van der Waals surface area contributed by atoms with E-state index in [0.717, 1.165) is 17.0 Å². The van der Waals surface area contributed by atoms with Gasteiger partial charge in [-0.3, -0.25) is 4.79 Å². The van der Waals surface area contributed by atoms with Gasteiger partial charge in [-0.25, -0.2) is 9.67 Å². The molecule has 25 heavy (non-hydrogen) atoms. The summed E-state index contributed by atoms with van der Waals surface area (Å²) in [6.07, 6.45) is 1.59. The van der Waals surface area contributed by atoms with Crippen molar-refractivity contribution in [2.24, 2.45) is 0 Å². The maximum atomic E-state index is 12.9. The average molecular weight is 334 g/mol. The maximum absolute atomic E-state index is 12.9. The van der Waals surface area contributed by atoms with Gasteiger partial charge in [0.05, 0.1) is 11.7 Å². The van der Waals surface area contributed by atoms with Gasteiger partial charge in [-0.15, -0.1) is 0 Å². The van der Waals surface area contributed by atoms with E-state index in [2.05, 4.69) is 10.1 Å². The Kier molecular flexibility index (Phi) is 3.93. The number of benzene rings is 2. The minimum atomic E-state index is -0.0345. The van der Waals surface area contributed by atoms with Gasteiger partial charge >= 0.3 is 0 Å². The first-order valence-electron chi connectivity index (χ1n) is 8.21. The third kappa shape index (κ3) is 2.98. The van der Waals surface area contributed by atoms with Crippen molar-refractivity contribution in [2.45, 2.75) is 19.5 Å². The van der Waals surface area contributed by atoms with Crippen molar-refractivity contribution >= 4 is 11.6 Å². The molecule has 1 aromatic heterocycles. The lowest BCUT2D eigenvalue weighted by atomic mass is 10.1. The average Bonchev–Trinajstić information content (AvgIpc) is 3.10. The van der Waals surface area contributed by atoms with Crippen LogP contribution in [0.25, 0.3) is 11.4 Å². The summed E-state index contributed by atoms with van der Waals surface area (Å²) in [4.78, 5) is 19.0. The first kappa shape index (κ1) is 15.4. The van der Waals surface area contributed by atoms with Crippen LogP contribution in [0.2, 0.25) is 0 Å². The van der Waals surface area contributed by atoms with Crippen LogP contribution in [-0.2, 0) is 11.3 Å². The van der Waals surface area contributed by atoms with Crippen LogP contribution in [-0.4, -0.2) is 33.3 Å². The second-order valence-electron chi connectivity index (χ2n) is 6.02. The molecule has 3 aromatic rings. The number of fused-ring (bicyclic) bond motifs is 1. The lowest BCUT2D eigenvalue weighted by Crippen LogP contribution is -2.46. The number of carbonyl (C=O) groups is 1. The highest BCUT2D eigenvalue weighted by Crippen LogP contribution is 2.33. The second kappa shape index (κ2) is 6.39. The summed E-state index contributed by atoms with van der Waals surface area (Å²) in [6.45, 7) is 2.60. The molecule has 1 aliphatic heterocycles. The van der Waals surface area contributed by atoms with E-state index in [-0.39, 0.29) is 18.5 Å². The zero-order valence-corrected chi connectivity index (χ0v) is 13.9. The molecule has 2 aromatic carbocycles. The smallest absolute Gasteiger partial charge is 0.249 e. The van der Waals surface area contributed by atoms with Gasteiger partial charge in [0.25, 0.3) is 0 Å². The Hall–Kier alpha value is -3.15. The van der Waals surface area contributed by atoms with Gasteiger partial charge in [0, 0.05) is 5.56 Å². The predicted octanol–water partition coefficient (Wildman–Crippen LogP) is 2.76. The van der Waals surface area contributed by atoms with E-state index in [9.17, 15) is 4.79 Å². The van der Waals surface area contributed by atoms with Crippen molar-refractivity contribution in [2.75, 3.05) is 11.5 Å². The van der Waals surface area contributed by atoms with Gasteiger partial charge in [-0.1, -0.05) is 42.5 Å². The molecule has 1 aliphatic rings. The summed E-state index contributed by atoms with van der Waals surface area (Å²) in [5.41, 5.74) is 1.73. The van der Waals surface area contributed by atoms with Gasteiger partial charge in [-0.05, 0) is 19.1 Å². The molecule has 1 atom stereocenters. The fraction of sp³-hybridized carbons (Fsp3) is 0.211. The molecule has 0 saturated carbocycles. The highest BCUT2D eigenvalue weighted by molar-refractivity contribution is 5.95. The van der Waals surface area contributed by atoms with Crippen molar-refractivity contribution in [3.63, 3.8) is 0 Å². The van der Waals surface area contributed by atoms with Gasteiger partial charge in [-0.2, -0.15) is 5.10 Å². The summed E-state index contributed by atoms with van der Waals surface area (Å²) >= 11 is 0. The number of ether oxygens (including phenoxy) is 1. The zero-order chi connectivity index (χ0) is 17.2. The number of carbonyl (C=O) groups excluding carboxylic acids is 1. The Morgan fingerprint density at radius 3 is 2.76 bits per heavy atom. The van der Waals surface area contributed by atoms with Gasteiger partial charge in [0.15, 0.2) is 5.82 Å². The Labute approximate surface area is 145 Å². The molecule has 126 valence electrons. The largest absolute Gasteiger partial charge is 0.489 e. The van der Waals surface area contributed by atoms with Crippen LogP contribution >= 0.6 is 0 Å². The van der Waals surface area contributed by atoms with Gasteiger partial charge < -0.3 is 9.64 Å². The van der Waals surface area contributed by atoms with Gasteiger partial charge in [0.1, 0.15) is 25.2 Å². The van der Waals surface area contributed by atoms with Crippen molar-refractivity contribution in [3.05, 3.63) is 60.9 Å². The molecule has 1 amide bonds. The van der Waals surface area contributed by atoms with Crippen LogP contribution in [0.3, 0.4) is 0 Å². The molecule has 2 heterocycles. The molecule has 0 spiro atoms. The number of aromatic nitrogens is 3. The molecule has 0 fully saturated rings. The Bertz CT molecular complexity index is 891. The number of amides is 1. The topological polar surface area (TPSA) is 60.2 Å². The van der Waals surface area contributed by atoms with Crippen molar-refractivity contribution in [3.8, 4) is 17.1 Å². The number of nitrogens with zero attached hydrogens (tertiary/aromatic N) is 4. The SMILES string of the molecule is CC1COc2ccccc2N1C(=O)Cn1cnc(-c2ccccc2)n1. The highest BCUT2D eigenvalue weighted by Gasteiger charge is 2.29. The maximum Gasteiger partial charge on any atom is 0.249 e. The van der Waals surface area contributed by atoms with Crippen molar-refractivity contribution in [1.29, 1.82) is 0 Å². The molecule has 6 nitrogen and oxygen atoms in total. The minimum absolute atomic E-state index is 0.0282. The number of rotatable bonds is 3. The summed E-state index contributed by atoms with van der Waals surface area (Å²) < 4.78 is 7.28. The summed E-state index contributed by atoms with van der Waals surface area (Å²) in [5, 5.41) is 4.42. The molecule has 0 saturated heterocycles. The van der Waals surface area contributed by atoms with E-state index >= 15 is 0 Å². The van der Waals surface area contributed by atoms with Crippen LogP contribution < -0.4 is 9.64 Å². The number of hydrogen-bond acceptors (Lipinski definition) is 4. The van der Waals surface area contributed by atoms with Gasteiger partial charge in [0.2, 0.25) is 5.91 Å². The van der Waals surface area contributed by atoms with Crippen molar-refractivity contribution < 1.29 is 9.53 Å². The monoisotopic (exact) mass is 334 g/mol. The summed E-state index contributed by atoms with van der Waals surface area (Å²) in [5.74, 6) is 1.31. The first-order chi connectivity index (χ1) is 12.2. The molecular weight excluding hydrogens is 316 g/mol. The fourth-order valence-electron chi connectivity index (χ4n) is 2.99. The lowest BCUT2D eigenvalue weighted by Gasteiger charge is -2.35. The Balaban J connectivity index is 1.56. The van der Waals surface area contributed by atoms with Crippen LogP contribution in [0.15, 0.2) is 60.9 Å². The van der Waals surface area contributed by atoms with Crippen LogP contribution in [0.4, 0.5) is 5.69 Å². The Morgan fingerprint density at radius 1 is 1.16 bits per heavy atom. The van der Waals surface area contributed by atoms with Crippen LogP contribution in [0.5, 0.6) is 5.75 Å². The Morgan fingerprint density at radius 2 is 1.92 bits per heavy atom. The standard InChI is InChI=1S/C19H18N4O2/c1-14-12-25-17-10-6-5-9-16(17)23(14)18(24)11-22-13-20-19(21-22)15-7-3-2-4-8-15/h2-10,13-14H,11-12H2,1H3. The molecule has 0 aliphatic carbocycles. The molecule has 0 radical (unpaired) electrons. The molecule has 0 N–H and O–H groups in total. The first-order valence-corrected chi connectivity index (χ1v) is 8.21. The highest BCUT2D eigenvalue weighted by atomic mass is 16.5. The summed E-state index contributed by atoms with van der Waals surface area (Å²) in [6, 6.07) is 17.3. The van der Waals surface area contributed by atoms with E-state index in [1.165, 1.54) is 0 Å². The van der Waals surface area contributed by atoms with E-state index < -0.39 is 0 Å². The van der Waals surface area contributed by atoms with Crippen molar-refractivity contribution in [1.82, 2.24) is 14.8 Å². The third-order valence-corrected chi connectivity index (χ3v) is 4.18. The minimum Gasteiger partial charge on any atom is -0.489 e. The van der Waals surface area contributed by atoms with Crippen LogP contribution in [0.1, 0.15) is 6.92 Å². The number of hydrogen-bond donors (Lipinski definition) is 0. The van der Waals surface area contributed by atoms with E-state index in [1.54, 1.807) is 15.9 Å². The molecule has 4 rings (SSSR count). The molecule has 0 bridgehead atoms. The molecular formula is C19H18N4O2. The number of anilines is 1. The predicted molar refractivity (Wildman–Crippen MR) is 94.3 cm³/mol. The van der Waals surface area contributed by atoms with Crippen LogP contribution in [0, 0.1) is 0 Å². The number of para-hydroxylation sites is 2. The molecule has 6 heteroatoms. The molecule has 1 unspecified atom stereocenters. The summed E-state index contributed by atoms with van der Waals surface area (Å²) in [7, 11) is 0. The zero-order valence-electron chi connectivity index (χ0n) is 13.9. The third-order valence-electron chi connectivity index (χ3n) is 4.18. The normalized spacial score (nSPS) is 16.2. The van der Waals surface area contributed by atoms with E-state index in [1.807, 2.05) is 61.5 Å². The lowest BCUT2D eigenvalue weighted by molar-refractivity contribution is -0.120. The second-order valence-corrected chi connectivity index (χ2v) is 6.02. The fourth-order valence-corrected chi connectivity index (χ4v) is 2.99. The van der Waals surface area contributed by atoms with E-state index in [0.29, 0.717) is 12.4 Å².